The SMILES string of the molecule is Cc1cc([C@@H](C)Nc2ccccc2S(N)(=O)=O)c2cc(C3CCCOC3)c(C)nc2c1. The smallest absolute Gasteiger partial charge is 0.240 e. The molecule has 0 bridgehead atoms. The number of hydrogen-bond donors (Lipinski definition) is 2. The lowest BCUT2D eigenvalue weighted by molar-refractivity contribution is 0.0802. The molecular formula is C24H29N3O3S. The third-order valence-electron chi connectivity index (χ3n) is 5.97. The Hall–Kier alpha value is -2.48. The van der Waals surface area contributed by atoms with Crippen molar-refractivity contribution in [3.8, 4) is 0 Å². The Labute approximate surface area is 183 Å². The van der Waals surface area contributed by atoms with Crippen molar-refractivity contribution in [3.63, 3.8) is 0 Å². The summed E-state index contributed by atoms with van der Waals surface area (Å²) >= 11 is 0. The summed E-state index contributed by atoms with van der Waals surface area (Å²) < 4.78 is 29.7. The van der Waals surface area contributed by atoms with Gasteiger partial charge in [-0.1, -0.05) is 18.2 Å². The molecule has 0 amide bonds. The highest BCUT2D eigenvalue weighted by molar-refractivity contribution is 7.89. The van der Waals surface area contributed by atoms with Gasteiger partial charge < -0.3 is 10.1 Å². The molecule has 3 N–H and O–H groups in total. The van der Waals surface area contributed by atoms with Crippen molar-refractivity contribution in [2.24, 2.45) is 5.14 Å². The molecule has 4 rings (SSSR count). The predicted octanol–water partition coefficient (Wildman–Crippen LogP) is 4.57. The molecule has 1 fully saturated rings. The minimum atomic E-state index is -3.83. The number of fused-ring (bicyclic) bond motifs is 1. The first kappa shape index (κ1) is 21.7. The van der Waals surface area contributed by atoms with Crippen molar-refractivity contribution in [3.05, 3.63) is 64.8 Å². The van der Waals surface area contributed by atoms with Gasteiger partial charge in [0.05, 0.1) is 17.8 Å². The van der Waals surface area contributed by atoms with Crippen LogP contribution in [0.5, 0.6) is 0 Å². The zero-order chi connectivity index (χ0) is 22.2. The fourth-order valence-corrected chi connectivity index (χ4v) is 5.17. The summed E-state index contributed by atoms with van der Waals surface area (Å²) in [4.78, 5) is 5.01. The summed E-state index contributed by atoms with van der Waals surface area (Å²) in [5.41, 5.74) is 5.89. The molecule has 0 aliphatic carbocycles. The number of sulfonamides is 1. The third kappa shape index (κ3) is 4.59. The Morgan fingerprint density at radius 1 is 1.19 bits per heavy atom. The fourth-order valence-electron chi connectivity index (χ4n) is 4.46. The molecule has 6 nitrogen and oxygen atoms in total. The lowest BCUT2D eigenvalue weighted by Gasteiger charge is -2.25. The topological polar surface area (TPSA) is 94.3 Å². The summed E-state index contributed by atoms with van der Waals surface area (Å²) in [6.45, 7) is 7.69. The van der Waals surface area contributed by atoms with Crippen molar-refractivity contribution in [1.82, 2.24) is 4.98 Å². The number of benzene rings is 2. The summed E-state index contributed by atoms with van der Waals surface area (Å²) in [7, 11) is -3.83. The Kier molecular flexibility index (Phi) is 6.01. The molecule has 1 unspecified atom stereocenters. The number of rotatable bonds is 5. The van der Waals surface area contributed by atoms with Gasteiger partial charge in [-0.3, -0.25) is 4.98 Å². The Morgan fingerprint density at radius 2 is 1.97 bits per heavy atom. The third-order valence-corrected chi connectivity index (χ3v) is 6.94. The van der Waals surface area contributed by atoms with E-state index in [0.717, 1.165) is 53.8 Å². The van der Waals surface area contributed by atoms with Crippen LogP contribution in [-0.2, 0) is 14.8 Å². The molecule has 0 spiro atoms. The lowest BCUT2D eigenvalue weighted by Crippen LogP contribution is -2.18. The minimum Gasteiger partial charge on any atom is -0.381 e. The van der Waals surface area contributed by atoms with Crippen LogP contribution >= 0.6 is 0 Å². The van der Waals surface area contributed by atoms with Gasteiger partial charge in [-0.2, -0.15) is 0 Å². The van der Waals surface area contributed by atoms with E-state index in [-0.39, 0.29) is 10.9 Å². The molecule has 1 aromatic heterocycles. The van der Waals surface area contributed by atoms with Gasteiger partial charge in [-0.05, 0) is 74.6 Å². The second kappa shape index (κ2) is 8.57. The van der Waals surface area contributed by atoms with E-state index in [0.29, 0.717) is 11.6 Å². The lowest BCUT2D eigenvalue weighted by atomic mass is 9.89. The molecule has 31 heavy (non-hydrogen) atoms. The summed E-state index contributed by atoms with van der Waals surface area (Å²) in [6.07, 6.45) is 2.16. The monoisotopic (exact) mass is 439 g/mol. The Morgan fingerprint density at radius 3 is 2.68 bits per heavy atom. The number of ether oxygens (including phenoxy) is 1. The predicted molar refractivity (Wildman–Crippen MR) is 124 cm³/mol. The summed E-state index contributed by atoms with van der Waals surface area (Å²) in [6, 6.07) is 13.1. The number of para-hydroxylation sites is 1. The standard InChI is InChI=1S/C24H29N3O3S/c1-15-11-20(17(3)26-22-8-4-5-9-24(22)31(25,28)29)21-13-19(16(2)27-23(21)12-15)18-7-6-10-30-14-18/h4-5,8-9,11-13,17-18,26H,6-7,10,14H2,1-3H3,(H2,25,28,29)/t17-,18?/m1/s1. The van der Waals surface area contributed by atoms with Crippen LogP contribution in [0.25, 0.3) is 10.9 Å². The first-order chi connectivity index (χ1) is 14.7. The van der Waals surface area contributed by atoms with Gasteiger partial charge in [0.15, 0.2) is 0 Å². The zero-order valence-electron chi connectivity index (χ0n) is 18.2. The highest BCUT2D eigenvalue weighted by Crippen LogP contribution is 2.34. The maximum absolute atomic E-state index is 12.0. The first-order valence-electron chi connectivity index (χ1n) is 10.6. The van der Waals surface area contributed by atoms with Crippen LogP contribution in [0.3, 0.4) is 0 Å². The van der Waals surface area contributed by atoms with Crippen LogP contribution in [0, 0.1) is 13.8 Å². The van der Waals surface area contributed by atoms with E-state index in [1.54, 1.807) is 18.2 Å². The van der Waals surface area contributed by atoms with Crippen LogP contribution in [0.2, 0.25) is 0 Å². The highest BCUT2D eigenvalue weighted by Gasteiger charge is 2.22. The largest absolute Gasteiger partial charge is 0.381 e. The maximum Gasteiger partial charge on any atom is 0.240 e. The number of primary sulfonamides is 1. The van der Waals surface area contributed by atoms with Gasteiger partial charge in [-0.25, -0.2) is 13.6 Å². The molecule has 164 valence electrons. The van der Waals surface area contributed by atoms with E-state index in [1.165, 1.54) is 11.6 Å². The van der Waals surface area contributed by atoms with Crippen LogP contribution in [0.15, 0.2) is 47.4 Å². The Bertz CT molecular complexity index is 1220. The van der Waals surface area contributed by atoms with E-state index in [9.17, 15) is 8.42 Å². The molecule has 3 aromatic rings. The van der Waals surface area contributed by atoms with Crippen LogP contribution < -0.4 is 10.5 Å². The van der Waals surface area contributed by atoms with Crippen LogP contribution in [0.4, 0.5) is 5.69 Å². The normalized spacial score (nSPS) is 18.1. The number of pyridine rings is 1. The molecule has 0 radical (unpaired) electrons. The second-order valence-corrected chi connectivity index (χ2v) is 9.93. The number of aryl methyl sites for hydroxylation is 2. The van der Waals surface area contributed by atoms with Gasteiger partial charge in [0, 0.05) is 29.6 Å². The van der Waals surface area contributed by atoms with Gasteiger partial charge in [0.25, 0.3) is 0 Å². The number of nitrogens with zero attached hydrogens (tertiary/aromatic N) is 1. The molecule has 2 atom stereocenters. The van der Waals surface area contributed by atoms with Crippen molar-refractivity contribution in [2.75, 3.05) is 18.5 Å². The molecule has 1 aliphatic heterocycles. The average Bonchev–Trinajstić information content (AvgIpc) is 2.73. The van der Waals surface area contributed by atoms with Crippen molar-refractivity contribution in [1.29, 1.82) is 0 Å². The van der Waals surface area contributed by atoms with Gasteiger partial charge in [0.2, 0.25) is 10.0 Å². The van der Waals surface area contributed by atoms with Crippen molar-refractivity contribution < 1.29 is 13.2 Å². The molecule has 2 aromatic carbocycles. The molecule has 1 saturated heterocycles. The minimum absolute atomic E-state index is 0.0906. The van der Waals surface area contributed by atoms with Gasteiger partial charge >= 0.3 is 0 Å². The zero-order valence-corrected chi connectivity index (χ0v) is 19.0. The number of aromatic nitrogens is 1. The van der Waals surface area contributed by atoms with E-state index in [4.69, 9.17) is 14.9 Å². The molecule has 1 aliphatic rings. The summed E-state index contributed by atoms with van der Waals surface area (Å²) in [5, 5.41) is 9.84. The fraction of sp³-hybridized carbons (Fsp3) is 0.375. The number of anilines is 1. The molecular weight excluding hydrogens is 410 g/mol. The van der Waals surface area contributed by atoms with Gasteiger partial charge in [0.1, 0.15) is 4.90 Å². The van der Waals surface area contributed by atoms with E-state index >= 15 is 0 Å². The second-order valence-electron chi connectivity index (χ2n) is 8.41. The molecule has 7 heteroatoms. The van der Waals surface area contributed by atoms with Crippen LogP contribution in [0.1, 0.15) is 54.1 Å². The van der Waals surface area contributed by atoms with Gasteiger partial charge in [-0.15, -0.1) is 0 Å². The molecule has 0 saturated carbocycles. The number of nitrogens with two attached hydrogens (primary N) is 1. The first-order valence-corrected chi connectivity index (χ1v) is 12.2. The highest BCUT2D eigenvalue weighted by atomic mass is 32.2. The van der Waals surface area contributed by atoms with E-state index in [1.807, 2.05) is 13.8 Å². The van der Waals surface area contributed by atoms with Crippen molar-refractivity contribution in [2.45, 2.75) is 50.5 Å². The van der Waals surface area contributed by atoms with E-state index < -0.39 is 10.0 Å². The van der Waals surface area contributed by atoms with Crippen molar-refractivity contribution >= 4 is 26.6 Å². The maximum atomic E-state index is 12.0. The number of nitrogens with one attached hydrogen (secondary N) is 1. The van der Waals surface area contributed by atoms with Crippen LogP contribution in [-0.4, -0.2) is 26.6 Å². The average molecular weight is 440 g/mol. The quantitative estimate of drug-likeness (QED) is 0.607. The Balaban J connectivity index is 1.78. The summed E-state index contributed by atoms with van der Waals surface area (Å²) in [5.74, 6) is 0.353. The number of hydrogen-bond acceptors (Lipinski definition) is 5. The van der Waals surface area contributed by atoms with E-state index in [2.05, 4.69) is 30.4 Å². The molecule has 2 heterocycles.